The molecule has 190 valence electrons. The number of nitrogen functional groups attached to an aromatic ring is 2. The van der Waals surface area contributed by atoms with E-state index in [1.807, 2.05) is 39.8 Å². The van der Waals surface area contributed by atoms with Gasteiger partial charge in [0.05, 0.1) is 33.2 Å². The normalized spacial score (nSPS) is 18.1. The van der Waals surface area contributed by atoms with Crippen LogP contribution in [0.25, 0.3) is 22.6 Å². The van der Waals surface area contributed by atoms with E-state index in [9.17, 15) is 9.59 Å². The highest BCUT2D eigenvalue weighted by molar-refractivity contribution is 6.08. The SMILES string of the molecule is CC1(C)C(=O)Nc2cc(N)c(N)cc21.CC1(C)C(=O)Nc2cc3nc(-c4n[nH]c5c4CCC5)[nH]c3cc21. The van der Waals surface area contributed by atoms with Crippen molar-refractivity contribution in [2.24, 2.45) is 0 Å². The van der Waals surface area contributed by atoms with E-state index < -0.39 is 10.8 Å². The number of aryl methyl sites for hydroxylation is 1. The van der Waals surface area contributed by atoms with E-state index >= 15 is 0 Å². The molecule has 0 saturated carbocycles. The number of fused-ring (bicyclic) bond motifs is 4. The van der Waals surface area contributed by atoms with Gasteiger partial charge in [0.25, 0.3) is 0 Å². The number of carbonyl (C=O) groups is 2. The number of aromatic nitrogens is 4. The lowest BCUT2D eigenvalue weighted by atomic mass is 9.86. The van der Waals surface area contributed by atoms with Gasteiger partial charge in [-0.15, -0.1) is 0 Å². The highest BCUT2D eigenvalue weighted by Crippen LogP contribution is 2.41. The van der Waals surface area contributed by atoms with Crippen molar-refractivity contribution >= 4 is 45.6 Å². The van der Waals surface area contributed by atoms with Crippen LogP contribution in [0.5, 0.6) is 0 Å². The van der Waals surface area contributed by atoms with Crippen LogP contribution in [0.4, 0.5) is 22.7 Å². The molecule has 37 heavy (non-hydrogen) atoms. The van der Waals surface area contributed by atoms with Gasteiger partial charge in [-0.1, -0.05) is 0 Å². The summed E-state index contributed by atoms with van der Waals surface area (Å²) in [6.07, 6.45) is 3.29. The Labute approximate surface area is 213 Å². The third-order valence-electron chi connectivity index (χ3n) is 7.85. The number of aromatic amines is 2. The monoisotopic (exact) mass is 498 g/mol. The average Bonchev–Trinajstić information content (AvgIpc) is 3.61. The highest BCUT2D eigenvalue weighted by Gasteiger charge is 2.39. The Hall–Kier alpha value is -4.34. The number of benzene rings is 2. The predicted molar refractivity (Wildman–Crippen MR) is 144 cm³/mol. The van der Waals surface area contributed by atoms with Crippen LogP contribution < -0.4 is 22.1 Å². The molecule has 0 unspecified atom stereocenters. The average molecular weight is 499 g/mol. The summed E-state index contributed by atoms with van der Waals surface area (Å²) in [5.41, 5.74) is 20.1. The van der Waals surface area contributed by atoms with Crippen LogP contribution in [-0.4, -0.2) is 32.0 Å². The number of nitrogens with zero attached hydrogens (tertiary/aromatic N) is 2. The Balaban J connectivity index is 0.000000155. The van der Waals surface area contributed by atoms with E-state index in [0.717, 1.165) is 57.9 Å². The third-order valence-corrected chi connectivity index (χ3v) is 7.85. The summed E-state index contributed by atoms with van der Waals surface area (Å²) in [5.74, 6) is 0.815. The molecule has 1 aliphatic carbocycles. The molecule has 3 aliphatic rings. The van der Waals surface area contributed by atoms with E-state index in [1.54, 1.807) is 12.1 Å². The zero-order valence-electron chi connectivity index (χ0n) is 21.3. The van der Waals surface area contributed by atoms with Gasteiger partial charge in [-0.25, -0.2) is 4.98 Å². The van der Waals surface area contributed by atoms with E-state index in [-0.39, 0.29) is 11.8 Å². The Morgan fingerprint density at radius 2 is 1.46 bits per heavy atom. The Bertz CT molecular complexity index is 1630. The van der Waals surface area contributed by atoms with Crippen molar-refractivity contribution < 1.29 is 9.59 Å². The molecule has 2 aromatic heterocycles. The number of H-pyrrole nitrogens is 2. The summed E-state index contributed by atoms with van der Waals surface area (Å²) in [6.45, 7) is 7.61. The lowest BCUT2D eigenvalue weighted by Gasteiger charge is -2.15. The number of hydrogen-bond donors (Lipinski definition) is 6. The molecule has 8 N–H and O–H groups in total. The fraction of sp³-hybridized carbons (Fsp3) is 0.333. The first kappa shape index (κ1) is 23.1. The topological polar surface area (TPSA) is 168 Å². The van der Waals surface area contributed by atoms with Crippen molar-refractivity contribution in [3.8, 4) is 11.5 Å². The van der Waals surface area contributed by atoms with Gasteiger partial charge in [0, 0.05) is 22.6 Å². The zero-order chi connectivity index (χ0) is 26.3. The molecule has 4 aromatic rings. The lowest BCUT2D eigenvalue weighted by molar-refractivity contribution is -0.120. The van der Waals surface area contributed by atoms with E-state index in [1.165, 1.54) is 17.7 Å². The second-order valence-corrected chi connectivity index (χ2v) is 11.1. The number of nitrogens with two attached hydrogens (primary N) is 2. The molecule has 4 heterocycles. The maximum Gasteiger partial charge on any atom is 0.234 e. The molecule has 2 aromatic carbocycles. The molecule has 0 bridgehead atoms. The number of hydrogen-bond acceptors (Lipinski definition) is 6. The molecule has 7 rings (SSSR count). The Morgan fingerprint density at radius 1 is 0.838 bits per heavy atom. The minimum atomic E-state index is -0.517. The maximum atomic E-state index is 12.1. The summed E-state index contributed by atoms with van der Waals surface area (Å²) in [4.78, 5) is 31.7. The van der Waals surface area contributed by atoms with Crippen LogP contribution in [0.1, 0.15) is 56.5 Å². The van der Waals surface area contributed by atoms with Crippen molar-refractivity contribution in [2.75, 3.05) is 22.1 Å². The van der Waals surface area contributed by atoms with Gasteiger partial charge in [0.2, 0.25) is 11.8 Å². The van der Waals surface area contributed by atoms with Crippen molar-refractivity contribution in [3.05, 3.63) is 46.6 Å². The van der Waals surface area contributed by atoms with Crippen molar-refractivity contribution in [1.29, 1.82) is 0 Å². The molecule has 0 fully saturated rings. The fourth-order valence-corrected chi connectivity index (χ4v) is 5.36. The molecule has 10 nitrogen and oxygen atoms in total. The highest BCUT2D eigenvalue weighted by atomic mass is 16.2. The summed E-state index contributed by atoms with van der Waals surface area (Å²) in [6, 6.07) is 7.45. The smallest absolute Gasteiger partial charge is 0.234 e. The first-order chi connectivity index (χ1) is 17.5. The summed E-state index contributed by atoms with van der Waals surface area (Å²) >= 11 is 0. The van der Waals surface area contributed by atoms with E-state index in [2.05, 4.69) is 25.8 Å². The minimum Gasteiger partial charge on any atom is -0.397 e. The summed E-state index contributed by atoms with van der Waals surface area (Å²) in [7, 11) is 0. The molecule has 0 radical (unpaired) electrons. The second kappa shape index (κ2) is 7.58. The number of anilines is 4. The van der Waals surface area contributed by atoms with Gasteiger partial charge in [-0.2, -0.15) is 5.10 Å². The van der Waals surface area contributed by atoms with Crippen molar-refractivity contribution in [3.63, 3.8) is 0 Å². The van der Waals surface area contributed by atoms with Crippen molar-refractivity contribution in [1.82, 2.24) is 20.2 Å². The molecule has 0 saturated heterocycles. The van der Waals surface area contributed by atoms with E-state index in [0.29, 0.717) is 11.4 Å². The standard InChI is InChI=1S/C17H17N5O.C10H13N3O/c1-17(2)9-6-12-13(7-11(9)20-16(17)23)19-15(18-12)14-8-4-3-5-10(8)21-22-14;1-10(2)5-3-6(11)7(12)4-8(5)13-9(10)14/h6-7H,3-5H2,1-2H3,(H,18,19)(H,20,23)(H,21,22);3-4H,11-12H2,1-2H3,(H,13,14). The number of nitrogens with one attached hydrogen (secondary N) is 4. The van der Waals surface area contributed by atoms with Crippen LogP contribution >= 0.6 is 0 Å². The largest absolute Gasteiger partial charge is 0.397 e. The van der Waals surface area contributed by atoms with E-state index in [4.69, 9.17) is 16.5 Å². The predicted octanol–water partition coefficient (Wildman–Crippen LogP) is 3.75. The number of carbonyl (C=O) groups excluding carboxylic acids is 2. The van der Waals surface area contributed by atoms with Gasteiger partial charge in [0.1, 0.15) is 5.69 Å². The van der Waals surface area contributed by atoms with Gasteiger partial charge < -0.3 is 27.1 Å². The van der Waals surface area contributed by atoms with Crippen LogP contribution in [0.15, 0.2) is 24.3 Å². The number of rotatable bonds is 1. The minimum absolute atomic E-state index is 0.0162. The molecule has 10 heteroatoms. The quantitative estimate of drug-likeness (QED) is 0.218. The number of imidazole rings is 1. The van der Waals surface area contributed by atoms with Crippen LogP contribution in [-0.2, 0) is 33.3 Å². The number of amides is 2. The Kier molecular flexibility index (Phi) is 4.73. The molecular formula is C27H30N8O2. The van der Waals surface area contributed by atoms with Gasteiger partial charge in [-0.05, 0) is 82.3 Å². The van der Waals surface area contributed by atoms with Crippen molar-refractivity contribution in [2.45, 2.75) is 57.8 Å². The maximum absolute atomic E-state index is 12.1. The lowest BCUT2D eigenvalue weighted by Crippen LogP contribution is -2.26. The molecule has 0 spiro atoms. The summed E-state index contributed by atoms with van der Waals surface area (Å²) in [5, 5.41) is 13.3. The molecular weight excluding hydrogens is 468 g/mol. The Morgan fingerprint density at radius 3 is 2.16 bits per heavy atom. The van der Waals surface area contributed by atoms with Crippen LogP contribution in [0.2, 0.25) is 0 Å². The van der Waals surface area contributed by atoms with Gasteiger partial charge in [0.15, 0.2) is 5.82 Å². The molecule has 2 amide bonds. The fourth-order valence-electron chi connectivity index (χ4n) is 5.36. The second-order valence-electron chi connectivity index (χ2n) is 11.1. The van der Waals surface area contributed by atoms with Gasteiger partial charge in [-0.3, -0.25) is 14.7 Å². The van der Waals surface area contributed by atoms with Crippen LogP contribution in [0.3, 0.4) is 0 Å². The van der Waals surface area contributed by atoms with Gasteiger partial charge >= 0.3 is 0 Å². The molecule has 0 atom stereocenters. The first-order valence-electron chi connectivity index (χ1n) is 12.4. The summed E-state index contributed by atoms with van der Waals surface area (Å²) < 4.78 is 0. The first-order valence-corrected chi connectivity index (χ1v) is 12.4. The van der Waals surface area contributed by atoms with Crippen LogP contribution in [0, 0.1) is 0 Å². The molecule has 2 aliphatic heterocycles. The third kappa shape index (κ3) is 3.39. The zero-order valence-corrected chi connectivity index (χ0v) is 21.3.